The fraction of sp³-hybridized carbons (Fsp3) is 0.517. The molecule has 4 heterocycles. The van der Waals surface area contributed by atoms with Gasteiger partial charge in [-0.25, -0.2) is 9.97 Å². The molecular weight excluding hydrogens is 578 g/mol. The van der Waals surface area contributed by atoms with Crippen molar-refractivity contribution in [3.8, 4) is 11.1 Å². The molecule has 3 aliphatic heterocycles. The molecule has 5 rings (SSSR count). The fourth-order valence-electron chi connectivity index (χ4n) is 5.78. The van der Waals surface area contributed by atoms with Crippen molar-refractivity contribution >= 4 is 36.1 Å². The van der Waals surface area contributed by atoms with Crippen LogP contribution in [0.25, 0.3) is 11.1 Å². The molecule has 1 aromatic heterocycles. The zero-order chi connectivity index (χ0) is 29.9. The van der Waals surface area contributed by atoms with E-state index in [1.54, 1.807) is 18.6 Å². The number of aromatic nitrogens is 2. The highest BCUT2D eigenvalue weighted by atomic mass is 32.2. The lowest BCUT2D eigenvalue weighted by Gasteiger charge is -2.45. The Morgan fingerprint density at radius 1 is 1.14 bits per heavy atom. The van der Waals surface area contributed by atoms with E-state index >= 15 is 0 Å². The fourth-order valence-corrected chi connectivity index (χ4v) is 7.55. The minimum atomic E-state index is -1.46. The summed E-state index contributed by atoms with van der Waals surface area (Å²) in [6.45, 7) is 6.54. The number of aliphatic hydroxyl groups is 3. The molecule has 0 saturated carbocycles. The van der Waals surface area contributed by atoms with Crippen molar-refractivity contribution in [3.63, 3.8) is 0 Å². The largest absolute Gasteiger partial charge is 0.388 e. The third-order valence-corrected chi connectivity index (χ3v) is 10.2. The smallest absolute Gasteiger partial charge is 0.265 e. The first-order valence-corrected chi connectivity index (χ1v) is 16.0. The van der Waals surface area contributed by atoms with Crippen molar-refractivity contribution in [2.24, 2.45) is 10.9 Å². The van der Waals surface area contributed by atoms with Crippen LogP contribution >= 0.6 is 23.5 Å². The highest BCUT2D eigenvalue weighted by molar-refractivity contribution is 8.00. The Morgan fingerprint density at radius 2 is 1.88 bits per heavy atom. The summed E-state index contributed by atoms with van der Waals surface area (Å²) in [7, 11) is 0. The Morgan fingerprint density at radius 3 is 2.57 bits per heavy atom. The Kier molecular flexibility index (Phi) is 10.0. The summed E-state index contributed by atoms with van der Waals surface area (Å²) in [6, 6.07) is 7.07. The van der Waals surface area contributed by atoms with E-state index in [-0.39, 0.29) is 11.2 Å². The van der Waals surface area contributed by atoms with Crippen LogP contribution < -0.4 is 10.6 Å². The van der Waals surface area contributed by atoms with Crippen LogP contribution in [-0.4, -0.2) is 110 Å². The minimum absolute atomic E-state index is 0.0353. The first-order chi connectivity index (χ1) is 20.3. The Labute approximate surface area is 253 Å². The van der Waals surface area contributed by atoms with Gasteiger partial charge in [0.25, 0.3) is 5.91 Å². The van der Waals surface area contributed by atoms with E-state index in [4.69, 9.17) is 9.47 Å². The van der Waals surface area contributed by atoms with Gasteiger partial charge in [0.05, 0.1) is 12.6 Å². The number of fused-ring (bicyclic) bond motifs is 1. The maximum absolute atomic E-state index is 14.1. The van der Waals surface area contributed by atoms with Gasteiger partial charge in [-0.3, -0.25) is 15.1 Å². The van der Waals surface area contributed by atoms with Gasteiger partial charge in [-0.2, -0.15) is 0 Å². The van der Waals surface area contributed by atoms with Gasteiger partial charge in [0.15, 0.2) is 0 Å². The number of hydrogen-bond acceptors (Lipinski definition) is 12. The molecule has 42 heavy (non-hydrogen) atoms. The molecule has 0 bridgehead atoms. The van der Waals surface area contributed by atoms with Gasteiger partial charge >= 0.3 is 0 Å². The Hall–Kier alpha value is -2.36. The molecule has 0 aliphatic carbocycles. The van der Waals surface area contributed by atoms with Gasteiger partial charge in [-0.15, -0.1) is 23.5 Å². The highest BCUT2D eigenvalue weighted by Crippen LogP contribution is 2.37. The standard InChI is InChI=1S/C29H37N5O6S2/c1-16(42-20-9-7-17(8-10-20)19-12-31-15-32-13-19)21(25-23(36)22(35)24(37)27(40-25)41-3)34-28(38)29(30-2)26-18(14-33-29)6-4-5-11-39-26/h4-5,7-10,12-13,15-16,18,21-27,33,35-37H,2,6,11,14H2,1,3H3,(H,34,38)/t16-,18-,21+,22?,23?,24+,25+,26+,27?,29-/m0/s1. The lowest BCUT2D eigenvalue weighted by atomic mass is 9.91. The molecule has 10 atom stereocenters. The Bertz CT molecular complexity index is 1250. The van der Waals surface area contributed by atoms with Crippen LogP contribution in [0.1, 0.15) is 13.3 Å². The topological polar surface area (TPSA) is 158 Å². The summed E-state index contributed by atoms with van der Waals surface area (Å²) in [4.78, 5) is 27.4. The number of amides is 1. The number of nitrogens with one attached hydrogen (secondary N) is 2. The number of aliphatic hydroxyl groups excluding tert-OH is 3. The number of rotatable bonds is 9. The number of carbonyl (C=O) groups is 1. The lowest BCUT2D eigenvalue weighted by molar-refractivity contribution is -0.205. The molecular formula is C29H37N5O6S2. The van der Waals surface area contributed by atoms with Crippen LogP contribution in [-0.2, 0) is 14.3 Å². The molecule has 2 fully saturated rings. The quantitative estimate of drug-likeness (QED) is 0.157. The predicted octanol–water partition coefficient (Wildman–Crippen LogP) is 1.24. The van der Waals surface area contributed by atoms with Crippen LogP contribution in [0.3, 0.4) is 0 Å². The molecule has 2 saturated heterocycles. The molecule has 3 aliphatic rings. The maximum atomic E-state index is 14.1. The molecule has 3 unspecified atom stereocenters. The molecule has 5 N–H and O–H groups in total. The second kappa shape index (κ2) is 13.5. The van der Waals surface area contributed by atoms with Crippen LogP contribution in [0.5, 0.6) is 0 Å². The minimum Gasteiger partial charge on any atom is -0.388 e. The Balaban J connectivity index is 1.41. The van der Waals surface area contributed by atoms with Crippen molar-refractivity contribution in [2.45, 2.75) is 71.2 Å². The number of ether oxygens (including phenoxy) is 2. The number of aliphatic imine (C=N–C) groups is 1. The first kappa shape index (κ1) is 31.1. The summed E-state index contributed by atoms with van der Waals surface area (Å²) < 4.78 is 12.2. The summed E-state index contributed by atoms with van der Waals surface area (Å²) >= 11 is 2.70. The van der Waals surface area contributed by atoms with E-state index in [0.717, 1.165) is 22.4 Å². The van der Waals surface area contributed by atoms with Crippen molar-refractivity contribution in [1.82, 2.24) is 20.6 Å². The number of nitrogens with zero attached hydrogens (tertiary/aromatic N) is 3. The molecule has 11 nitrogen and oxygen atoms in total. The average Bonchev–Trinajstić information content (AvgIpc) is 3.20. The second-order valence-electron chi connectivity index (χ2n) is 10.7. The highest BCUT2D eigenvalue weighted by Gasteiger charge is 2.56. The lowest BCUT2D eigenvalue weighted by Crippen LogP contribution is -2.68. The summed E-state index contributed by atoms with van der Waals surface area (Å²) in [5.74, 6) is -0.422. The van der Waals surface area contributed by atoms with Crippen LogP contribution in [0.15, 0.2) is 65.0 Å². The van der Waals surface area contributed by atoms with Gasteiger partial charge in [0.2, 0.25) is 5.66 Å². The van der Waals surface area contributed by atoms with E-state index in [2.05, 4.69) is 32.3 Å². The summed E-state index contributed by atoms with van der Waals surface area (Å²) in [5, 5.41) is 38.3. The van der Waals surface area contributed by atoms with E-state index in [1.807, 2.05) is 43.3 Å². The normalized spacial score (nSPS) is 34.2. The van der Waals surface area contributed by atoms with Crippen molar-refractivity contribution < 1.29 is 29.6 Å². The van der Waals surface area contributed by atoms with Crippen LogP contribution in [0.4, 0.5) is 0 Å². The van der Waals surface area contributed by atoms with Crippen LogP contribution in [0, 0.1) is 5.92 Å². The number of carbonyl (C=O) groups excluding carboxylic acids is 1. The third-order valence-electron chi connectivity index (χ3n) is 8.11. The average molecular weight is 616 g/mol. The van der Waals surface area contributed by atoms with Crippen molar-refractivity contribution in [2.75, 3.05) is 19.4 Å². The van der Waals surface area contributed by atoms with Crippen LogP contribution in [0.2, 0.25) is 0 Å². The number of hydrogen-bond donors (Lipinski definition) is 5. The molecule has 1 amide bonds. The molecule has 0 radical (unpaired) electrons. The molecule has 0 spiro atoms. The molecule has 1 aromatic carbocycles. The van der Waals surface area contributed by atoms with Gasteiger partial charge in [-0.1, -0.05) is 31.2 Å². The van der Waals surface area contributed by atoms with Gasteiger partial charge in [0, 0.05) is 40.6 Å². The molecule has 2 aromatic rings. The zero-order valence-corrected chi connectivity index (χ0v) is 25.1. The van der Waals surface area contributed by atoms with E-state index in [1.165, 1.54) is 29.9 Å². The summed E-state index contributed by atoms with van der Waals surface area (Å²) in [6.07, 6.45) is 5.68. The zero-order valence-electron chi connectivity index (χ0n) is 23.4. The van der Waals surface area contributed by atoms with Gasteiger partial charge in [0.1, 0.15) is 42.3 Å². The SMILES string of the molecule is C=N[C@]1(C(=O)N[C@H]([C@H](C)Sc2ccc(-c3cncnc3)cc2)[C@H]2OC(SC)[C@H](O)C(O)C2O)NC[C@@H]2CC=CCO[C@H]21. The molecule has 13 heteroatoms. The number of thioether (sulfide) groups is 2. The summed E-state index contributed by atoms with van der Waals surface area (Å²) in [5.41, 5.74) is -0.381. The molecule has 226 valence electrons. The predicted molar refractivity (Wildman–Crippen MR) is 162 cm³/mol. The van der Waals surface area contributed by atoms with Crippen molar-refractivity contribution in [1.29, 1.82) is 0 Å². The van der Waals surface area contributed by atoms with E-state index < -0.39 is 53.6 Å². The monoisotopic (exact) mass is 615 g/mol. The van der Waals surface area contributed by atoms with E-state index in [9.17, 15) is 20.1 Å². The van der Waals surface area contributed by atoms with Gasteiger partial charge in [-0.05, 0) is 37.1 Å². The first-order valence-electron chi connectivity index (χ1n) is 13.8. The second-order valence-corrected chi connectivity index (χ2v) is 13.1. The van der Waals surface area contributed by atoms with E-state index in [0.29, 0.717) is 13.2 Å². The van der Waals surface area contributed by atoms with Crippen molar-refractivity contribution in [3.05, 3.63) is 55.1 Å². The maximum Gasteiger partial charge on any atom is 0.265 e. The number of allylic oxidation sites excluding steroid dienone is 1. The third kappa shape index (κ3) is 6.15. The number of benzene rings is 1. The van der Waals surface area contributed by atoms with Gasteiger partial charge < -0.3 is 30.1 Å².